The zero-order chi connectivity index (χ0) is 10.6. The Hall–Kier alpha value is -0.670. The van der Waals surface area contributed by atoms with Crippen molar-refractivity contribution >= 4 is 17.4 Å². The third kappa shape index (κ3) is 3.60. The molecule has 1 rings (SSSR count). The molecule has 78 valence electrons. The van der Waals surface area contributed by atoms with Crippen molar-refractivity contribution in [1.29, 1.82) is 0 Å². The number of thioether (sulfide) groups is 1. The van der Waals surface area contributed by atoms with Crippen LogP contribution in [0.5, 0.6) is 0 Å². The van der Waals surface area contributed by atoms with E-state index in [-0.39, 0.29) is 0 Å². The summed E-state index contributed by atoms with van der Waals surface area (Å²) in [7, 11) is 0. The molecule has 0 saturated carbocycles. The Balaban J connectivity index is 2.56. The van der Waals surface area contributed by atoms with Crippen LogP contribution in [0.4, 0.5) is 5.69 Å². The van der Waals surface area contributed by atoms with E-state index >= 15 is 0 Å². The summed E-state index contributed by atoms with van der Waals surface area (Å²) >= 11 is 1.75. The molecule has 0 aliphatic rings. The van der Waals surface area contributed by atoms with Gasteiger partial charge in [-0.2, -0.15) is 11.8 Å². The first-order chi connectivity index (χ1) is 6.59. The number of hydrogen-bond donors (Lipinski definition) is 2. The summed E-state index contributed by atoms with van der Waals surface area (Å²) in [5, 5.41) is 10.4. The zero-order valence-electron chi connectivity index (χ0n) is 8.60. The summed E-state index contributed by atoms with van der Waals surface area (Å²) in [6.07, 6.45) is -0.411. The number of benzene rings is 1. The molecule has 0 radical (unpaired) electrons. The lowest BCUT2D eigenvalue weighted by molar-refractivity contribution is 0.204. The highest BCUT2D eigenvalue weighted by Gasteiger charge is 2.08. The number of rotatable bonds is 4. The highest BCUT2D eigenvalue weighted by atomic mass is 32.2. The molecular formula is C11H17NOS. The van der Waals surface area contributed by atoms with Crippen molar-refractivity contribution in [3.05, 3.63) is 29.8 Å². The quantitative estimate of drug-likeness (QED) is 0.752. The molecule has 3 heteroatoms. The smallest absolute Gasteiger partial charge is 0.0881 e. The lowest BCUT2D eigenvalue weighted by atomic mass is 10.1. The van der Waals surface area contributed by atoms with Crippen molar-refractivity contribution < 1.29 is 5.11 Å². The highest BCUT2D eigenvalue weighted by molar-refractivity contribution is 7.99. The van der Waals surface area contributed by atoms with Crippen LogP contribution in [0.15, 0.2) is 24.3 Å². The Labute approximate surface area is 89.5 Å². The first-order valence-corrected chi connectivity index (χ1v) is 5.79. The zero-order valence-corrected chi connectivity index (χ0v) is 9.42. The second-order valence-electron chi connectivity index (χ2n) is 3.57. The van der Waals surface area contributed by atoms with Gasteiger partial charge in [0.2, 0.25) is 0 Å². The van der Waals surface area contributed by atoms with Crippen LogP contribution < -0.4 is 5.73 Å². The monoisotopic (exact) mass is 211 g/mol. The molecule has 0 aliphatic carbocycles. The van der Waals surface area contributed by atoms with Gasteiger partial charge in [-0.15, -0.1) is 0 Å². The molecule has 0 spiro atoms. The number of nitrogen functional groups attached to an aromatic ring is 1. The van der Waals surface area contributed by atoms with Gasteiger partial charge in [0.15, 0.2) is 0 Å². The molecule has 0 saturated heterocycles. The molecule has 1 aromatic carbocycles. The van der Waals surface area contributed by atoms with Crippen LogP contribution in [0.2, 0.25) is 0 Å². The molecule has 0 aromatic heterocycles. The normalized spacial score (nSPS) is 13.1. The van der Waals surface area contributed by atoms with Crippen LogP contribution >= 0.6 is 11.8 Å². The van der Waals surface area contributed by atoms with E-state index in [1.165, 1.54) is 0 Å². The van der Waals surface area contributed by atoms with Gasteiger partial charge in [0.05, 0.1) is 6.10 Å². The molecule has 14 heavy (non-hydrogen) atoms. The molecule has 1 atom stereocenters. The summed E-state index contributed by atoms with van der Waals surface area (Å²) in [6.45, 7) is 4.24. The average molecular weight is 211 g/mol. The summed E-state index contributed by atoms with van der Waals surface area (Å²) in [4.78, 5) is 0. The Morgan fingerprint density at radius 2 is 2.14 bits per heavy atom. The van der Waals surface area contributed by atoms with Crippen LogP contribution in [-0.4, -0.2) is 16.1 Å². The van der Waals surface area contributed by atoms with Crippen molar-refractivity contribution in [2.75, 3.05) is 11.5 Å². The number of aliphatic hydroxyl groups excluding tert-OH is 1. The SMILES string of the molecule is CC(C)SCC(O)c1cccc(N)c1. The van der Waals surface area contributed by atoms with Gasteiger partial charge in [-0.1, -0.05) is 26.0 Å². The molecule has 0 amide bonds. The maximum absolute atomic E-state index is 9.82. The molecule has 0 heterocycles. The van der Waals surface area contributed by atoms with Crippen molar-refractivity contribution in [2.24, 2.45) is 0 Å². The number of hydrogen-bond acceptors (Lipinski definition) is 3. The van der Waals surface area contributed by atoms with E-state index in [4.69, 9.17) is 5.73 Å². The summed E-state index contributed by atoms with van der Waals surface area (Å²) in [5.74, 6) is 0.723. The van der Waals surface area contributed by atoms with Crippen molar-refractivity contribution in [1.82, 2.24) is 0 Å². The second-order valence-corrected chi connectivity index (χ2v) is 5.18. The maximum Gasteiger partial charge on any atom is 0.0881 e. The van der Waals surface area contributed by atoms with E-state index in [0.717, 1.165) is 11.3 Å². The molecule has 1 aromatic rings. The Bertz CT molecular complexity index is 288. The lowest BCUT2D eigenvalue weighted by Gasteiger charge is -2.12. The number of aliphatic hydroxyl groups is 1. The summed E-state index contributed by atoms with van der Waals surface area (Å²) in [5.41, 5.74) is 7.24. The standard InChI is InChI=1S/C11H17NOS/c1-8(2)14-7-11(13)9-4-3-5-10(12)6-9/h3-6,8,11,13H,7,12H2,1-2H3. The Morgan fingerprint density at radius 1 is 1.43 bits per heavy atom. The van der Waals surface area contributed by atoms with Gasteiger partial charge in [0.25, 0.3) is 0 Å². The van der Waals surface area contributed by atoms with Crippen molar-refractivity contribution in [3.63, 3.8) is 0 Å². The molecule has 2 nitrogen and oxygen atoms in total. The van der Waals surface area contributed by atoms with Crippen LogP contribution in [0.1, 0.15) is 25.5 Å². The summed E-state index contributed by atoms with van der Waals surface area (Å²) < 4.78 is 0. The van der Waals surface area contributed by atoms with E-state index in [1.807, 2.05) is 24.3 Å². The second kappa shape index (κ2) is 5.27. The largest absolute Gasteiger partial charge is 0.399 e. The topological polar surface area (TPSA) is 46.2 Å². The van der Waals surface area contributed by atoms with Crippen LogP contribution in [0, 0.1) is 0 Å². The fraction of sp³-hybridized carbons (Fsp3) is 0.455. The number of anilines is 1. The van der Waals surface area contributed by atoms with Gasteiger partial charge >= 0.3 is 0 Å². The molecule has 0 bridgehead atoms. The summed E-state index contributed by atoms with van der Waals surface area (Å²) in [6, 6.07) is 7.42. The van der Waals surface area contributed by atoms with Crippen LogP contribution in [0.25, 0.3) is 0 Å². The van der Waals surface area contributed by atoms with Gasteiger partial charge in [-0.3, -0.25) is 0 Å². The predicted octanol–water partition coefficient (Wildman–Crippen LogP) is 2.44. The van der Waals surface area contributed by atoms with Gasteiger partial charge in [0, 0.05) is 11.4 Å². The van der Waals surface area contributed by atoms with E-state index in [2.05, 4.69) is 13.8 Å². The number of nitrogens with two attached hydrogens (primary N) is 1. The molecule has 0 fully saturated rings. The highest BCUT2D eigenvalue weighted by Crippen LogP contribution is 2.22. The van der Waals surface area contributed by atoms with E-state index in [0.29, 0.717) is 10.9 Å². The third-order valence-electron chi connectivity index (χ3n) is 1.88. The van der Waals surface area contributed by atoms with Crippen molar-refractivity contribution in [2.45, 2.75) is 25.2 Å². The minimum absolute atomic E-state index is 0.411. The minimum Gasteiger partial charge on any atom is -0.399 e. The average Bonchev–Trinajstić information content (AvgIpc) is 2.14. The Morgan fingerprint density at radius 3 is 2.71 bits per heavy atom. The van der Waals surface area contributed by atoms with E-state index in [1.54, 1.807) is 11.8 Å². The first-order valence-electron chi connectivity index (χ1n) is 4.74. The van der Waals surface area contributed by atoms with Gasteiger partial charge in [-0.05, 0) is 22.9 Å². The minimum atomic E-state index is -0.411. The predicted molar refractivity (Wildman–Crippen MR) is 63.4 cm³/mol. The fourth-order valence-corrected chi connectivity index (χ4v) is 1.91. The van der Waals surface area contributed by atoms with Crippen LogP contribution in [0.3, 0.4) is 0 Å². The third-order valence-corrected chi connectivity index (χ3v) is 3.06. The van der Waals surface area contributed by atoms with Gasteiger partial charge < -0.3 is 10.8 Å². The lowest BCUT2D eigenvalue weighted by Crippen LogP contribution is -2.03. The van der Waals surface area contributed by atoms with Crippen LogP contribution in [-0.2, 0) is 0 Å². The van der Waals surface area contributed by atoms with E-state index < -0.39 is 6.10 Å². The van der Waals surface area contributed by atoms with Gasteiger partial charge in [0.1, 0.15) is 0 Å². The van der Waals surface area contributed by atoms with Crippen molar-refractivity contribution in [3.8, 4) is 0 Å². The first kappa shape index (κ1) is 11.4. The van der Waals surface area contributed by atoms with E-state index in [9.17, 15) is 5.11 Å². The molecule has 3 N–H and O–H groups in total. The molecular weight excluding hydrogens is 194 g/mol. The molecule has 0 aliphatic heterocycles. The maximum atomic E-state index is 9.82. The fourth-order valence-electron chi connectivity index (χ4n) is 1.15. The van der Waals surface area contributed by atoms with Gasteiger partial charge in [-0.25, -0.2) is 0 Å². The molecule has 1 unspecified atom stereocenters. The Kier molecular flexibility index (Phi) is 4.29.